The highest BCUT2D eigenvalue weighted by atomic mass is 79.9. The predicted octanol–water partition coefficient (Wildman–Crippen LogP) is 2.97. The molecule has 148 valence electrons. The molecule has 2 N–H and O–H groups in total. The van der Waals surface area contributed by atoms with Gasteiger partial charge in [-0.2, -0.15) is 0 Å². The number of carbonyl (C=O) groups is 2. The molecule has 5 nitrogen and oxygen atoms in total. The highest BCUT2D eigenvalue weighted by Crippen LogP contribution is 2.35. The van der Waals surface area contributed by atoms with E-state index in [9.17, 15) is 9.59 Å². The van der Waals surface area contributed by atoms with Gasteiger partial charge in [-0.15, -0.1) is 0 Å². The van der Waals surface area contributed by atoms with Crippen molar-refractivity contribution >= 4 is 27.7 Å². The summed E-state index contributed by atoms with van der Waals surface area (Å²) in [6, 6.07) is 17.5. The van der Waals surface area contributed by atoms with Crippen molar-refractivity contribution in [3.05, 3.63) is 70.2 Å². The number of amides is 2. The number of carbonyl (C=O) groups excluding carboxylic acids is 2. The molecule has 1 saturated heterocycles. The largest absolute Gasteiger partial charge is 0.381 e. The summed E-state index contributed by atoms with van der Waals surface area (Å²) >= 11 is 3.45. The first-order valence-electron chi connectivity index (χ1n) is 9.53. The number of halogens is 1. The van der Waals surface area contributed by atoms with Crippen LogP contribution in [0, 0.1) is 0 Å². The average molecular weight is 445 g/mol. The number of ether oxygens (including phenoxy) is 1. The Hall–Kier alpha value is -2.18. The number of benzene rings is 2. The summed E-state index contributed by atoms with van der Waals surface area (Å²) in [5, 5.41) is 5.87. The zero-order valence-electron chi connectivity index (χ0n) is 15.7. The lowest BCUT2D eigenvalue weighted by molar-refractivity contribution is -0.130. The first-order chi connectivity index (χ1) is 13.6. The van der Waals surface area contributed by atoms with Crippen LogP contribution in [0.5, 0.6) is 0 Å². The van der Waals surface area contributed by atoms with E-state index in [-0.39, 0.29) is 11.8 Å². The topological polar surface area (TPSA) is 67.4 Å². The fraction of sp³-hybridized carbons (Fsp3) is 0.364. The molecule has 3 rings (SSSR count). The molecule has 6 heteroatoms. The molecular formula is C22H25BrN2O3. The molecule has 0 unspecified atom stereocenters. The molecule has 0 aromatic heterocycles. The first kappa shape index (κ1) is 20.6. The molecule has 28 heavy (non-hydrogen) atoms. The van der Waals surface area contributed by atoms with Crippen LogP contribution >= 0.6 is 15.9 Å². The first-order valence-corrected chi connectivity index (χ1v) is 10.3. The maximum absolute atomic E-state index is 13.1. The summed E-state index contributed by atoms with van der Waals surface area (Å²) in [6.45, 7) is 1.94. The summed E-state index contributed by atoms with van der Waals surface area (Å²) in [4.78, 5) is 25.1. The molecule has 1 heterocycles. The van der Waals surface area contributed by atoms with Crippen LogP contribution in [-0.4, -0.2) is 38.1 Å². The molecular weight excluding hydrogens is 420 g/mol. The zero-order chi connectivity index (χ0) is 19.8. The molecule has 0 saturated carbocycles. The van der Waals surface area contributed by atoms with Crippen LogP contribution in [0.15, 0.2) is 59.1 Å². The molecule has 2 aromatic carbocycles. The fourth-order valence-electron chi connectivity index (χ4n) is 3.53. The van der Waals surface area contributed by atoms with Gasteiger partial charge in [-0.3, -0.25) is 9.59 Å². The Balaban J connectivity index is 1.53. The van der Waals surface area contributed by atoms with Crippen LogP contribution in [0.25, 0.3) is 0 Å². The minimum absolute atomic E-state index is 0.00423. The minimum atomic E-state index is -0.576. The van der Waals surface area contributed by atoms with E-state index in [2.05, 4.69) is 26.6 Å². The summed E-state index contributed by atoms with van der Waals surface area (Å²) in [5.41, 5.74) is 1.40. The lowest BCUT2D eigenvalue weighted by atomic mass is 9.73. The van der Waals surface area contributed by atoms with E-state index in [4.69, 9.17) is 4.74 Å². The van der Waals surface area contributed by atoms with Crippen molar-refractivity contribution in [2.75, 3.05) is 26.3 Å². The van der Waals surface area contributed by atoms with Gasteiger partial charge in [0.2, 0.25) is 11.8 Å². The SMILES string of the molecule is O=C(Cc1ccccc1)NCCNC(=O)C1(c2ccc(Br)cc2)CCOCC1. The Morgan fingerprint density at radius 1 is 0.929 bits per heavy atom. The van der Waals surface area contributed by atoms with Gasteiger partial charge in [0.05, 0.1) is 11.8 Å². The Morgan fingerprint density at radius 3 is 2.25 bits per heavy atom. The molecule has 1 aliphatic heterocycles. The molecule has 2 aromatic rings. The van der Waals surface area contributed by atoms with Crippen molar-refractivity contribution in [1.82, 2.24) is 10.6 Å². The monoisotopic (exact) mass is 444 g/mol. The van der Waals surface area contributed by atoms with Gasteiger partial charge in [-0.25, -0.2) is 0 Å². The van der Waals surface area contributed by atoms with Crippen LogP contribution < -0.4 is 10.6 Å². The van der Waals surface area contributed by atoms with Crippen LogP contribution in [0.1, 0.15) is 24.0 Å². The second-order valence-electron chi connectivity index (χ2n) is 6.97. The standard InChI is InChI=1S/C22H25BrN2O3/c23-19-8-6-18(7-9-19)22(10-14-28-15-11-22)21(27)25-13-12-24-20(26)16-17-4-2-1-3-5-17/h1-9H,10-16H2,(H,24,26)(H,25,27). The molecule has 0 bridgehead atoms. The van der Waals surface area contributed by atoms with Crippen LogP contribution in [0.4, 0.5) is 0 Å². The van der Waals surface area contributed by atoms with Crippen LogP contribution in [0.2, 0.25) is 0 Å². The van der Waals surface area contributed by atoms with Gasteiger partial charge in [-0.05, 0) is 36.1 Å². The molecule has 0 spiro atoms. The number of nitrogens with one attached hydrogen (secondary N) is 2. The van der Waals surface area contributed by atoms with Crippen molar-refractivity contribution in [3.63, 3.8) is 0 Å². The average Bonchev–Trinajstić information content (AvgIpc) is 2.73. The van der Waals surface area contributed by atoms with Gasteiger partial charge < -0.3 is 15.4 Å². The Morgan fingerprint density at radius 2 is 1.57 bits per heavy atom. The quantitative estimate of drug-likeness (QED) is 0.645. The van der Waals surface area contributed by atoms with Crippen molar-refractivity contribution in [1.29, 1.82) is 0 Å². The molecule has 0 atom stereocenters. The Bertz CT molecular complexity index is 787. The Kier molecular flexibility index (Phi) is 7.23. The maximum Gasteiger partial charge on any atom is 0.230 e. The third-order valence-corrected chi connectivity index (χ3v) is 5.65. The van der Waals surface area contributed by atoms with Gasteiger partial charge in [0.25, 0.3) is 0 Å². The van der Waals surface area contributed by atoms with E-state index in [1.54, 1.807) is 0 Å². The number of hydrogen-bond acceptors (Lipinski definition) is 3. The minimum Gasteiger partial charge on any atom is -0.381 e. The van der Waals surface area contributed by atoms with E-state index >= 15 is 0 Å². The van der Waals surface area contributed by atoms with Gasteiger partial charge in [0, 0.05) is 30.8 Å². The second-order valence-corrected chi connectivity index (χ2v) is 7.89. The van der Waals surface area contributed by atoms with E-state index in [0.29, 0.717) is 45.6 Å². The van der Waals surface area contributed by atoms with E-state index in [1.165, 1.54) is 0 Å². The lowest BCUT2D eigenvalue weighted by Crippen LogP contribution is -2.49. The predicted molar refractivity (Wildman–Crippen MR) is 112 cm³/mol. The van der Waals surface area contributed by atoms with Crippen molar-refractivity contribution in [2.24, 2.45) is 0 Å². The lowest BCUT2D eigenvalue weighted by Gasteiger charge is -2.36. The maximum atomic E-state index is 13.1. The molecule has 0 aliphatic carbocycles. The van der Waals surface area contributed by atoms with Gasteiger partial charge in [-0.1, -0.05) is 58.4 Å². The number of hydrogen-bond donors (Lipinski definition) is 2. The van der Waals surface area contributed by atoms with Gasteiger partial charge >= 0.3 is 0 Å². The molecule has 1 aliphatic rings. The summed E-state index contributed by atoms with van der Waals surface area (Å²) in [6.07, 6.45) is 1.65. The molecule has 2 amide bonds. The molecule has 0 radical (unpaired) electrons. The van der Waals surface area contributed by atoms with E-state index < -0.39 is 5.41 Å². The summed E-state index contributed by atoms with van der Waals surface area (Å²) < 4.78 is 6.47. The van der Waals surface area contributed by atoms with Crippen LogP contribution in [0.3, 0.4) is 0 Å². The third-order valence-electron chi connectivity index (χ3n) is 5.12. The van der Waals surface area contributed by atoms with Crippen molar-refractivity contribution in [2.45, 2.75) is 24.7 Å². The van der Waals surface area contributed by atoms with E-state index in [0.717, 1.165) is 15.6 Å². The van der Waals surface area contributed by atoms with E-state index in [1.807, 2.05) is 54.6 Å². The normalized spacial score (nSPS) is 15.6. The highest BCUT2D eigenvalue weighted by molar-refractivity contribution is 9.10. The summed E-state index contributed by atoms with van der Waals surface area (Å²) in [7, 11) is 0. The highest BCUT2D eigenvalue weighted by Gasteiger charge is 2.41. The van der Waals surface area contributed by atoms with Crippen molar-refractivity contribution in [3.8, 4) is 0 Å². The van der Waals surface area contributed by atoms with Gasteiger partial charge in [0.1, 0.15) is 0 Å². The Labute approximate surface area is 174 Å². The smallest absolute Gasteiger partial charge is 0.230 e. The number of rotatable bonds is 7. The zero-order valence-corrected chi connectivity index (χ0v) is 17.3. The molecule has 1 fully saturated rings. The van der Waals surface area contributed by atoms with Gasteiger partial charge in [0.15, 0.2) is 0 Å². The fourth-order valence-corrected chi connectivity index (χ4v) is 3.79. The third kappa shape index (κ3) is 5.20. The summed E-state index contributed by atoms with van der Waals surface area (Å²) in [5.74, 6) is -0.0513. The second kappa shape index (κ2) is 9.85. The van der Waals surface area contributed by atoms with Crippen LogP contribution in [-0.2, 0) is 26.2 Å². The van der Waals surface area contributed by atoms with Crippen molar-refractivity contribution < 1.29 is 14.3 Å².